The van der Waals surface area contributed by atoms with Crippen LogP contribution in [0.5, 0.6) is 0 Å². The Morgan fingerprint density at radius 3 is 2.15 bits per heavy atom. The molecular weight excluding hydrogens is 500 g/mol. The van der Waals surface area contributed by atoms with Crippen LogP contribution in [-0.4, -0.2) is 63.6 Å². The van der Waals surface area contributed by atoms with Gasteiger partial charge in [0.25, 0.3) is 5.91 Å². The van der Waals surface area contributed by atoms with E-state index in [-0.39, 0.29) is 30.2 Å². The second kappa shape index (κ2) is 10.3. The second-order valence-electron chi connectivity index (χ2n) is 11.6. The number of piperidine rings is 3. The Kier molecular flexibility index (Phi) is 6.48. The predicted octanol–water partition coefficient (Wildman–Crippen LogP) is 3.89. The van der Waals surface area contributed by atoms with E-state index >= 15 is 0 Å². The monoisotopic (exact) mass is 534 g/mol. The third kappa shape index (κ3) is 4.53. The normalized spacial score (nSPS) is 25.0. The summed E-state index contributed by atoms with van der Waals surface area (Å²) in [5.74, 6) is -0.742. The van der Waals surface area contributed by atoms with Gasteiger partial charge in [-0.15, -0.1) is 0 Å². The Bertz CT molecular complexity index is 1400. The molecule has 5 aliphatic rings. The van der Waals surface area contributed by atoms with Crippen LogP contribution in [0.15, 0.2) is 78.9 Å². The first kappa shape index (κ1) is 25.2. The van der Waals surface area contributed by atoms with E-state index in [0.29, 0.717) is 30.6 Å². The van der Waals surface area contributed by atoms with Crippen molar-refractivity contribution in [2.75, 3.05) is 13.1 Å². The smallest absolute Gasteiger partial charge is 0.255 e. The summed E-state index contributed by atoms with van der Waals surface area (Å²) >= 11 is 0. The highest BCUT2D eigenvalue weighted by Crippen LogP contribution is 2.39. The number of piperazine rings is 1. The summed E-state index contributed by atoms with van der Waals surface area (Å²) in [6.45, 7) is 3.34. The van der Waals surface area contributed by atoms with Gasteiger partial charge in [0.15, 0.2) is 0 Å². The van der Waals surface area contributed by atoms with E-state index < -0.39 is 6.04 Å². The summed E-state index contributed by atoms with van der Waals surface area (Å²) in [5, 5.41) is 2.38. The number of rotatable bonds is 6. The molecule has 3 atom stereocenters. The van der Waals surface area contributed by atoms with Gasteiger partial charge >= 0.3 is 0 Å². The van der Waals surface area contributed by atoms with Gasteiger partial charge in [-0.3, -0.25) is 29.5 Å². The van der Waals surface area contributed by atoms with Gasteiger partial charge in [0, 0.05) is 50.2 Å². The number of fused-ring (bicyclic) bond motifs is 4. The van der Waals surface area contributed by atoms with Gasteiger partial charge in [0.2, 0.25) is 11.8 Å². The Morgan fingerprint density at radius 1 is 0.800 bits per heavy atom. The topological polar surface area (TPSA) is 73.0 Å². The number of nitrogens with zero attached hydrogens (tertiary/aromatic N) is 3. The Balaban J connectivity index is 1.07. The summed E-state index contributed by atoms with van der Waals surface area (Å²) < 4.78 is 0. The summed E-state index contributed by atoms with van der Waals surface area (Å²) in [6.07, 6.45) is 3.06. The minimum absolute atomic E-state index is 0.114. The standard InChI is InChI=1S/C33H34N4O3/c38-30-16-15-29(32(39)34-30)37-19-25-17-22(11-14-28(25)33(37)40)18-35-20-27-13-12-26(35)21-36(27)31(23-7-3-1-4-8-23)24-9-5-2-6-10-24/h1-11,14,17,26-27,29,31H,12-13,15-16,18-21H2,(H,34,38,39). The molecule has 5 aliphatic heterocycles. The zero-order valence-electron chi connectivity index (χ0n) is 22.5. The van der Waals surface area contributed by atoms with Crippen molar-refractivity contribution in [3.05, 3.63) is 107 Å². The van der Waals surface area contributed by atoms with Crippen LogP contribution >= 0.6 is 0 Å². The Hall–Kier alpha value is -3.81. The summed E-state index contributed by atoms with van der Waals surface area (Å²) in [7, 11) is 0. The molecule has 8 rings (SSSR count). The molecule has 3 aromatic rings. The van der Waals surface area contributed by atoms with Gasteiger partial charge in [-0.2, -0.15) is 0 Å². The maximum Gasteiger partial charge on any atom is 0.255 e. The highest BCUT2D eigenvalue weighted by atomic mass is 16.2. The lowest BCUT2D eigenvalue weighted by atomic mass is 9.85. The number of benzene rings is 3. The first-order chi connectivity index (χ1) is 19.5. The van der Waals surface area contributed by atoms with Crippen LogP contribution in [0.3, 0.4) is 0 Å². The lowest BCUT2D eigenvalue weighted by Crippen LogP contribution is -2.62. The van der Waals surface area contributed by atoms with Crippen molar-refractivity contribution in [3.8, 4) is 0 Å². The minimum atomic E-state index is -0.577. The number of amides is 3. The van der Waals surface area contributed by atoms with Crippen molar-refractivity contribution in [2.24, 2.45) is 0 Å². The van der Waals surface area contributed by atoms with Crippen molar-refractivity contribution in [2.45, 2.75) is 62.9 Å². The van der Waals surface area contributed by atoms with Gasteiger partial charge in [-0.05, 0) is 47.6 Å². The van der Waals surface area contributed by atoms with Crippen LogP contribution in [0.25, 0.3) is 0 Å². The molecule has 0 saturated carbocycles. The van der Waals surface area contributed by atoms with Gasteiger partial charge in [0.05, 0.1) is 6.04 Å². The van der Waals surface area contributed by atoms with Crippen molar-refractivity contribution in [1.82, 2.24) is 20.0 Å². The SMILES string of the molecule is O=C1CCC(N2Cc3cc(CN4CC5CCC4CN5C(c4ccccc4)c4ccccc4)ccc3C2=O)C(=O)N1. The summed E-state index contributed by atoms with van der Waals surface area (Å²) in [4.78, 5) is 44.1. The van der Waals surface area contributed by atoms with Crippen LogP contribution in [-0.2, 0) is 22.7 Å². The van der Waals surface area contributed by atoms with Gasteiger partial charge in [-0.25, -0.2) is 0 Å². The molecule has 7 heteroatoms. The molecule has 5 heterocycles. The highest BCUT2D eigenvalue weighted by molar-refractivity contribution is 6.05. The van der Waals surface area contributed by atoms with E-state index in [1.165, 1.54) is 29.5 Å². The van der Waals surface area contributed by atoms with Crippen LogP contribution in [0, 0.1) is 0 Å². The van der Waals surface area contributed by atoms with Crippen LogP contribution in [0.4, 0.5) is 0 Å². The van der Waals surface area contributed by atoms with Gasteiger partial charge in [0.1, 0.15) is 6.04 Å². The molecule has 2 bridgehead atoms. The first-order valence-electron chi connectivity index (χ1n) is 14.4. The molecule has 0 spiro atoms. The third-order valence-corrected chi connectivity index (χ3v) is 9.22. The molecule has 0 aliphatic carbocycles. The van der Waals surface area contributed by atoms with Crippen molar-refractivity contribution >= 4 is 17.7 Å². The van der Waals surface area contributed by atoms with Crippen LogP contribution in [0.1, 0.15) is 64.3 Å². The number of carbonyl (C=O) groups is 3. The number of hydrogen-bond donors (Lipinski definition) is 1. The first-order valence-corrected chi connectivity index (χ1v) is 14.4. The lowest BCUT2D eigenvalue weighted by Gasteiger charge is -2.54. The fraction of sp³-hybridized carbons (Fsp3) is 0.364. The van der Waals surface area contributed by atoms with E-state index in [2.05, 4.69) is 87.9 Å². The van der Waals surface area contributed by atoms with E-state index in [4.69, 9.17) is 0 Å². The molecule has 0 aromatic heterocycles. The molecule has 4 saturated heterocycles. The second-order valence-corrected chi connectivity index (χ2v) is 11.6. The van der Waals surface area contributed by atoms with E-state index in [0.717, 1.165) is 25.2 Å². The van der Waals surface area contributed by atoms with E-state index in [1.807, 2.05) is 6.07 Å². The maximum atomic E-state index is 13.1. The third-order valence-electron chi connectivity index (χ3n) is 9.22. The zero-order chi connectivity index (χ0) is 27.2. The molecule has 204 valence electrons. The Labute approximate surface area is 234 Å². The fourth-order valence-corrected chi connectivity index (χ4v) is 7.26. The molecule has 0 radical (unpaired) electrons. The molecule has 3 aromatic carbocycles. The number of carbonyl (C=O) groups excluding carboxylic acids is 3. The summed E-state index contributed by atoms with van der Waals surface area (Å²) in [6, 6.07) is 28.5. The molecule has 3 amide bonds. The Morgan fingerprint density at radius 2 is 1.50 bits per heavy atom. The van der Waals surface area contributed by atoms with Gasteiger partial charge < -0.3 is 4.90 Å². The van der Waals surface area contributed by atoms with Crippen LogP contribution in [0.2, 0.25) is 0 Å². The van der Waals surface area contributed by atoms with Crippen molar-refractivity contribution in [3.63, 3.8) is 0 Å². The predicted molar refractivity (Wildman–Crippen MR) is 151 cm³/mol. The van der Waals surface area contributed by atoms with E-state index in [9.17, 15) is 14.4 Å². The lowest BCUT2D eigenvalue weighted by molar-refractivity contribution is -0.136. The summed E-state index contributed by atoms with van der Waals surface area (Å²) in [5.41, 5.74) is 5.55. The number of nitrogens with one attached hydrogen (secondary N) is 1. The fourth-order valence-electron chi connectivity index (χ4n) is 7.26. The average Bonchev–Trinajstić information content (AvgIpc) is 3.30. The van der Waals surface area contributed by atoms with Crippen molar-refractivity contribution < 1.29 is 14.4 Å². The van der Waals surface area contributed by atoms with Gasteiger partial charge in [-0.1, -0.05) is 72.8 Å². The molecule has 40 heavy (non-hydrogen) atoms. The van der Waals surface area contributed by atoms with Crippen molar-refractivity contribution in [1.29, 1.82) is 0 Å². The number of hydrogen-bond acceptors (Lipinski definition) is 5. The highest BCUT2D eigenvalue weighted by Gasteiger charge is 2.43. The average molecular weight is 535 g/mol. The molecular formula is C33H34N4O3. The largest absolute Gasteiger partial charge is 0.322 e. The minimum Gasteiger partial charge on any atom is -0.322 e. The van der Waals surface area contributed by atoms with Crippen LogP contribution < -0.4 is 5.32 Å². The maximum absolute atomic E-state index is 13.1. The number of imide groups is 1. The zero-order valence-corrected chi connectivity index (χ0v) is 22.5. The molecule has 7 nitrogen and oxygen atoms in total. The quantitative estimate of drug-likeness (QED) is 0.486. The molecule has 3 unspecified atom stereocenters. The van der Waals surface area contributed by atoms with E-state index in [1.54, 1.807) is 4.90 Å². The molecule has 4 fully saturated rings. The molecule has 1 N–H and O–H groups in total.